The van der Waals surface area contributed by atoms with Gasteiger partial charge in [-0.1, -0.05) is 35.9 Å². The molecule has 0 aliphatic heterocycles. The Hall–Kier alpha value is -2.80. The van der Waals surface area contributed by atoms with Crippen LogP contribution in [-0.4, -0.2) is 25.7 Å². The number of aromatic amines is 1. The molecule has 3 rings (SSSR count). The number of aromatic nitrogens is 4. The van der Waals surface area contributed by atoms with Gasteiger partial charge in [-0.25, -0.2) is 0 Å². The van der Waals surface area contributed by atoms with E-state index in [1.165, 1.54) is 5.56 Å². The lowest BCUT2D eigenvalue weighted by atomic mass is 10.1. The Morgan fingerprint density at radius 1 is 1.27 bits per heavy atom. The summed E-state index contributed by atoms with van der Waals surface area (Å²) in [6.07, 6.45) is 2.03. The zero-order valence-corrected chi connectivity index (χ0v) is 15.6. The minimum absolute atomic E-state index is 0.0545. The van der Waals surface area contributed by atoms with E-state index >= 15 is 0 Å². The van der Waals surface area contributed by atoms with E-state index in [0.717, 1.165) is 17.1 Å². The topological polar surface area (TPSA) is 75.6 Å². The predicted molar refractivity (Wildman–Crippen MR) is 103 cm³/mol. The van der Waals surface area contributed by atoms with Gasteiger partial charge in [0.2, 0.25) is 5.91 Å². The lowest BCUT2D eigenvalue weighted by Crippen LogP contribution is -2.28. The van der Waals surface area contributed by atoms with Crippen LogP contribution in [0.1, 0.15) is 30.6 Å². The quantitative estimate of drug-likeness (QED) is 0.653. The van der Waals surface area contributed by atoms with Gasteiger partial charge in [0.25, 0.3) is 0 Å². The van der Waals surface area contributed by atoms with Crippen LogP contribution in [0, 0.1) is 11.7 Å². The summed E-state index contributed by atoms with van der Waals surface area (Å²) in [6.45, 7) is 4.41. The number of H-pyrrole nitrogens is 1. The number of nitrogens with zero attached hydrogens (tertiary/aromatic N) is 3. The molecule has 0 bridgehead atoms. The molecule has 2 heterocycles. The fourth-order valence-corrected chi connectivity index (χ4v) is 2.90. The molecular formula is C19H21N5OS. The van der Waals surface area contributed by atoms with Crippen LogP contribution in [0.3, 0.4) is 0 Å². The summed E-state index contributed by atoms with van der Waals surface area (Å²) in [5.41, 5.74) is 2.98. The molecule has 1 unspecified atom stereocenters. The van der Waals surface area contributed by atoms with Crippen molar-refractivity contribution >= 4 is 18.1 Å². The number of hydrogen-bond donors (Lipinski definition) is 2. The Labute approximate surface area is 157 Å². The zero-order valence-electron chi connectivity index (χ0n) is 14.8. The summed E-state index contributed by atoms with van der Waals surface area (Å²) in [6, 6.07) is 13.6. The minimum Gasteiger partial charge on any atom is -0.348 e. The van der Waals surface area contributed by atoms with Gasteiger partial charge >= 0.3 is 0 Å². The van der Waals surface area contributed by atoms with Crippen molar-refractivity contribution in [2.24, 2.45) is 0 Å². The van der Waals surface area contributed by atoms with E-state index < -0.39 is 0 Å². The van der Waals surface area contributed by atoms with Crippen molar-refractivity contribution in [2.45, 2.75) is 32.9 Å². The highest BCUT2D eigenvalue weighted by atomic mass is 32.1. The van der Waals surface area contributed by atoms with Crippen LogP contribution in [0.15, 0.2) is 48.7 Å². The largest absolute Gasteiger partial charge is 0.348 e. The summed E-state index contributed by atoms with van der Waals surface area (Å²) in [7, 11) is 0. The van der Waals surface area contributed by atoms with Gasteiger partial charge in [-0.2, -0.15) is 5.10 Å². The van der Waals surface area contributed by atoms with Crippen molar-refractivity contribution in [1.29, 1.82) is 0 Å². The molecule has 0 aliphatic carbocycles. The zero-order chi connectivity index (χ0) is 18.5. The minimum atomic E-state index is -0.141. The average molecular weight is 367 g/mol. The Balaban J connectivity index is 1.66. The first-order valence-electron chi connectivity index (χ1n) is 8.47. The summed E-state index contributed by atoms with van der Waals surface area (Å²) >= 11 is 5.32. The third-order valence-electron chi connectivity index (χ3n) is 4.14. The van der Waals surface area contributed by atoms with Crippen molar-refractivity contribution in [2.75, 3.05) is 0 Å². The van der Waals surface area contributed by atoms with E-state index in [1.54, 1.807) is 6.20 Å². The van der Waals surface area contributed by atoms with Crippen LogP contribution in [-0.2, 0) is 11.3 Å². The molecule has 2 aromatic heterocycles. The normalized spacial score (nSPS) is 11.9. The molecule has 0 saturated heterocycles. The highest BCUT2D eigenvalue weighted by Crippen LogP contribution is 2.18. The number of amides is 1. The summed E-state index contributed by atoms with van der Waals surface area (Å²) in [5.74, 6) is 0.682. The lowest BCUT2D eigenvalue weighted by molar-refractivity contribution is -0.122. The van der Waals surface area contributed by atoms with Crippen molar-refractivity contribution in [1.82, 2.24) is 25.1 Å². The van der Waals surface area contributed by atoms with Crippen LogP contribution in [0.2, 0.25) is 0 Å². The number of nitrogens with one attached hydrogen (secondary N) is 2. The Kier molecular flexibility index (Phi) is 5.58. The van der Waals surface area contributed by atoms with E-state index in [1.807, 2.05) is 60.9 Å². The Bertz CT molecular complexity index is 931. The maximum absolute atomic E-state index is 12.3. The standard InChI is InChI=1S/C19H21N5OS/c1-13-6-8-15(9-7-13)18-22-23-19(26)24(18)12-10-17(25)21-14(2)16-5-3-4-11-20-16/h3-9,11,14H,10,12H2,1-2H3,(H,21,25)(H,23,26). The van der Waals surface area contributed by atoms with Crippen molar-refractivity contribution in [3.05, 3.63) is 64.7 Å². The summed E-state index contributed by atoms with van der Waals surface area (Å²) in [5, 5.41) is 10.1. The molecule has 0 radical (unpaired) electrons. The van der Waals surface area contributed by atoms with Gasteiger partial charge in [-0.05, 0) is 38.2 Å². The molecule has 7 heteroatoms. The summed E-state index contributed by atoms with van der Waals surface area (Å²) < 4.78 is 2.36. The Morgan fingerprint density at radius 2 is 2.04 bits per heavy atom. The van der Waals surface area contributed by atoms with Gasteiger partial charge in [0, 0.05) is 24.7 Å². The number of carbonyl (C=O) groups excluding carboxylic acids is 1. The first-order valence-corrected chi connectivity index (χ1v) is 8.88. The number of hydrogen-bond acceptors (Lipinski definition) is 4. The van der Waals surface area contributed by atoms with E-state index in [2.05, 4.69) is 20.5 Å². The number of rotatable bonds is 6. The van der Waals surface area contributed by atoms with Gasteiger partial charge in [-0.3, -0.25) is 19.4 Å². The first kappa shape index (κ1) is 18.0. The molecule has 0 aliphatic rings. The van der Waals surface area contributed by atoms with Crippen LogP contribution >= 0.6 is 12.2 Å². The maximum Gasteiger partial charge on any atom is 0.222 e. The molecule has 6 nitrogen and oxygen atoms in total. The van der Waals surface area contributed by atoms with E-state index in [4.69, 9.17) is 12.2 Å². The fraction of sp³-hybridized carbons (Fsp3) is 0.263. The van der Waals surface area contributed by atoms with Gasteiger partial charge in [0.1, 0.15) is 0 Å². The lowest BCUT2D eigenvalue weighted by Gasteiger charge is -2.13. The molecule has 134 valence electrons. The molecule has 1 aromatic carbocycles. The summed E-state index contributed by atoms with van der Waals surface area (Å²) in [4.78, 5) is 16.6. The molecule has 1 amide bonds. The first-order chi connectivity index (χ1) is 12.5. The fourth-order valence-electron chi connectivity index (χ4n) is 2.68. The molecular weight excluding hydrogens is 346 g/mol. The number of carbonyl (C=O) groups is 1. The highest BCUT2D eigenvalue weighted by Gasteiger charge is 2.13. The van der Waals surface area contributed by atoms with E-state index in [9.17, 15) is 4.79 Å². The third kappa shape index (κ3) is 4.23. The van der Waals surface area contributed by atoms with Crippen LogP contribution in [0.4, 0.5) is 0 Å². The predicted octanol–water partition coefficient (Wildman–Crippen LogP) is 3.58. The van der Waals surface area contributed by atoms with E-state index in [-0.39, 0.29) is 11.9 Å². The van der Waals surface area contributed by atoms with Crippen LogP contribution in [0.5, 0.6) is 0 Å². The molecule has 0 fully saturated rings. The number of pyridine rings is 1. The molecule has 0 saturated carbocycles. The van der Waals surface area contributed by atoms with Gasteiger partial charge in [-0.15, -0.1) is 0 Å². The van der Waals surface area contributed by atoms with Crippen molar-refractivity contribution in [3.8, 4) is 11.4 Å². The molecule has 0 spiro atoms. The van der Waals surface area contributed by atoms with Gasteiger partial charge in [0.05, 0.1) is 11.7 Å². The smallest absolute Gasteiger partial charge is 0.222 e. The second-order valence-corrected chi connectivity index (χ2v) is 6.55. The average Bonchev–Trinajstić information content (AvgIpc) is 3.02. The van der Waals surface area contributed by atoms with Gasteiger partial charge < -0.3 is 5.32 Å². The van der Waals surface area contributed by atoms with Gasteiger partial charge in [0.15, 0.2) is 10.6 Å². The van der Waals surface area contributed by atoms with Crippen molar-refractivity contribution in [3.63, 3.8) is 0 Å². The van der Waals surface area contributed by atoms with Crippen molar-refractivity contribution < 1.29 is 4.79 Å². The molecule has 1 atom stereocenters. The number of aryl methyl sites for hydroxylation is 1. The third-order valence-corrected chi connectivity index (χ3v) is 4.45. The van der Waals surface area contributed by atoms with Crippen LogP contribution in [0.25, 0.3) is 11.4 Å². The second kappa shape index (κ2) is 8.05. The van der Waals surface area contributed by atoms with Crippen LogP contribution < -0.4 is 5.32 Å². The number of benzene rings is 1. The monoisotopic (exact) mass is 367 g/mol. The molecule has 2 N–H and O–H groups in total. The maximum atomic E-state index is 12.3. The molecule has 26 heavy (non-hydrogen) atoms. The highest BCUT2D eigenvalue weighted by molar-refractivity contribution is 7.71. The SMILES string of the molecule is Cc1ccc(-c2n[nH]c(=S)n2CCC(=O)NC(C)c2ccccn2)cc1. The Morgan fingerprint density at radius 3 is 2.73 bits per heavy atom. The van der Waals surface area contributed by atoms with E-state index in [0.29, 0.717) is 17.7 Å². The molecule has 3 aromatic rings. The second-order valence-electron chi connectivity index (χ2n) is 6.16.